The van der Waals surface area contributed by atoms with Crippen LogP contribution in [0.4, 0.5) is 0 Å². The molecule has 14 heavy (non-hydrogen) atoms. The van der Waals surface area contributed by atoms with Crippen molar-refractivity contribution < 1.29 is 9.53 Å². The van der Waals surface area contributed by atoms with E-state index in [9.17, 15) is 4.79 Å². The van der Waals surface area contributed by atoms with Gasteiger partial charge in [-0.25, -0.2) is 9.97 Å². The zero-order chi connectivity index (χ0) is 9.97. The van der Waals surface area contributed by atoms with E-state index in [0.29, 0.717) is 12.5 Å². The van der Waals surface area contributed by atoms with Gasteiger partial charge in [0.1, 0.15) is 0 Å². The zero-order valence-electron chi connectivity index (χ0n) is 7.64. The van der Waals surface area contributed by atoms with Crippen molar-refractivity contribution in [2.75, 3.05) is 6.61 Å². The van der Waals surface area contributed by atoms with Crippen molar-refractivity contribution in [2.24, 2.45) is 11.7 Å². The highest BCUT2D eigenvalue weighted by molar-refractivity contribution is 5.92. The third-order valence-electron chi connectivity index (χ3n) is 2.05. The summed E-state index contributed by atoms with van der Waals surface area (Å²) in [5.74, 6) is 0.244. The minimum absolute atomic E-state index is 0.105. The molecule has 1 heterocycles. The molecule has 1 aliphatic rings. The van der Waals surface area contributed by atoms with Gasteiger partial charge in [-0.3, -0.25) is 4.79 Å². The van der Waals surface area contributed by atoms with Crippen LogP contribution in [-0.4, -0.2) is 22.5 Å². The molecule has 1 aromatic rings. The Bertz CT molecular complexity index is 350. The standard InChI is InChI=1S/C9H11N3O2/c10-8(13)7-9(12-4-3-11-7)14-5-6-1-2-6/h3-4,6H,1-2,5H2,(H2,10,13). The van der Waals surface area contributed by atoms with Crippen LogP contribution in [0.25, 0.3) is 0 Å². The maximum absolute atomic E-state index is 10.9. The Balaban J connectivity index is 2.09. The van der Waals surface area contributed by atoms with Crippen LogP contribution >= 0.6 is 0 Å². The monoisotopic (exact) mass is 193 g/mol. The first-order valence-electron chi connectivity index (χ1n) is 4.51. The summed E-state index contributed by atoms with van der Waals surface area (Å²) < 4.78 is 5.35. The fourth-order valence-electron chi connectivity index (χ4n) is 1.08. The molecular weight excluding hydrogens is 182 g/mol. The molecule has 0 aromatic carbocycles. The summed E-state index contributed by atoms with van der Waals surface area (Å²) in [5.41, 5.74) is 5.22. The number of nitrogens with two attached hydrogens (primary N) is 1. The number of carbonyl (C=O) groups excluding carboxylic acids is 1. The Morgan fingerprint density at radius 1 is 1.50 bits per heavy atom. The van der Waals surface area contributed by atoms with Gasteiger partial charge in [-0.1, -0.05) is 0 Å². The molecular formula is C9H11N3O2. The van der Waals surface area contributed by atoms with Gasteiger partial charge in [0.2, 0.25) is 5.88 Å². The van der Waals surface area contributed by atoms with E-state index in [-0.39, 0.29) is 11.6 Å². The molecule has 5 nitrogen and oxygen atoms in total. The smallest absolute Gasteiger partial charge is 0.272 e. The van der Waals surface area contributed by atoms with Crippen molar-refractivity contribution in [3.63, 3.8) is 0 Å². The molecule has 1 saturated carbocycles. The summed E-state index contributed by atoms with van der Waals surface area (Å²) in [7, 11) is 0. The molecule has 0 atom stereocenters. The van der Waals surface area contributed by atoms with E-state index in [4.69, 9.17) is 10.5 Å². The van der Waals surface area contributed by atoms with Gasteiger partial charge >= 0.3 is 0 Å². The number of ether oxygens (including phenoxy) is 1. The van der Waals surface area contributed by atoms with Gasteiger partial charge in [0.25, 0.3) is 5.91 Å². The minimum Gasteiger partial charge on any atom is -0.476 e. The van der Waals surface area contributed by atoms with Crippen LogP contribution in [0, 0.1) is 5.92 Å². The molecule has 1 fully saturated rings. The molecule has 1 aromatic heterocycles. The van der Waals surface area contributed by atoms with Crippen LogP contribution in [0.3, 0.4) is 0 Å². The van der Waals surface area contributed by atoms with Gasteiger partial charge in [0, 0.05) is 12.4 Å². The maximum Gasteiger partial charge on any atom is 0.272 e. The molecule has 0 bridgehead atoms. The average molecular weight is 193 g/mol. The molecule has 0 aliphatic heterocycles. The van der Waals surface area contributed by atoms with Gasteiger partial charge in [-0.05, 0) is 18.8 Å². The quantitative estimate of drug-likeness (QED) is 0.749. The van der Waals surface area contributed by atoms with Gasteiger partial charge in [0.05, 0.1) is 6.61 Å². The Kier molecular flexibility index (Phi) is 2.30. The number of nitrogens with zero attached hydrogens (tertiary/aromatic N) is 2. The summed E-state index contributed by atoms with van der Waals surface area (Å²) in [4.78, 5) is 18.7. The highest BCUT2D eigenvalue weighted by atomic mass is 16.5. The minimum atomic E-state index is -0.608. The lowest BCUT2D eigenvalue weighted by Crippen LogP contribution is -2.16. The molecule has 1 amide bonds. The predicted octanol–water partition coefficient (Wildman–Crippen LogP) is 0.364. The molecule has 0 spiro atoms. The molecule has 74 valence electrons. The van der Waals surface area contributed by atoms with E-state index < -0.39 is 5.91 Å². The number of rotatable bonds is 4. The Hall–Kier alpha value is -1.65. The van der Waals surface area contributed by atoms with Crippen LogP contribution in [-0.2, 0) is 0 Å². The number of hydrogen-bond acceptors (Lipinski definition) is 4. The van der Waals surface area contributed by atoms with Crippen molar-refractivity contribution in [3.8, 4) is 5.88 Å². The molecule has 5 heteroatoms. The molecule has 0 unspecified atom stereocenters. The summed E-state index contributed by atoms with van der Waals surface area (Å²) in [6.07, 6.45) is 5.27. The van der Waals surface area contributed by atoms with E-state index >= 15 is 0 Å². The fraction of sp³-hybridized carbons (Fsp3) is 0.444. The van der Waals surface area contributed by atoms with Crippen LogP contribution in [0.1, 0.15) is 23.3 Å². The SMILES string of the molecule is NC(=O)c1nccnc1OCC1CC1. The van der Waals surface area contributed by atoms with Crippen molar-refractivity contribution in [3.05, 3.63) is 18.1 Å². The Labute approximate surface area is 81.3 Å². The van der Waals surface area contributed by atoms with Gasteiger partial charge < -0.3 is 10.5 Å². The van der Waals surface area contributed by atoms with Crippen LogP contribution in [0.5, 0.6) is 5.88 Å². The largest absolute Gasteiger partial charge is 0.476 e. The number of carbonyl (C=O) groups is 1. The molecule has 0 radical (unpaired) electrons. The lowest BCUT2D eigenvalue weighted by molar-refractivity contribution is 0.0989. The predicted molar refractivity (Wildman–Crippen MR) is 48.8 cm³/mol. The van der Waals surface area contributed by atoms with Crippen LogP contribution in [0.2, 0.25) is 0 Å². The van der Waals surface area contributed by atoms with Crippen molar-refractivity contribution >= 4 is 5.91 Å². The highest BCUT2D eigenvalue weighted by Gasteiger charge is 2.23. The lowest BCUT2D eigenvalue weighted by atomic mass is 10.4. The van der Waals surface area contributed by atoms with Crippen molar-refractivity contribution in [1.82, 2.24) is 9.97 Å². The summed E-state index contributed by atoms with van der Waals surface area (Å²) in [6.45, 7) is 0.596. The number of primary amides is 1. The third-order valence-corrected chi connectivity index (χ3v) is 2.05. The third kappa shape index (κ3) is 1.99. The second-order valence-corrected chi connectivity index (χ2v) is 3.33. The maximum atomic E-state index is 10.9. The van der Waals surface area contributed by atoms with Crippen LogP contribution < -0.4 is 10.5 Å². The van der Waals surface area contributed by atoms with Crippen molar-refractivity contribution in [2.45, 2.75) is 12.8 Å². The number of aromatic nitrogens is 2. The Morgan fingerprint density at radius 3 is 2.86 bits per heavy atom. The Morgan fingerprint density at radius 2 is 2.21 bits per heavy atom. The first-order valence-corrected chi connectivity index (χ1v) is 4.51. The van der Waals surface area contributed by atoms with Gasteiger partial charge in [-0.15, -0.1) is 0 Å². The molecule has 2 rings (SSSR count). The topological polar surface area (TPSA) is 78.1 Å². The molecule has 1 aliphatic carbocycles. The number of amides is 1. The second kappa shape index (κ2) is 3.61. The van der Waals surface area contributed by atoms with E-state index in [2.05, 4.69) is 9.97 Å². The highest BCUT2D eigenvalue weighted by Crippen LogP contribution is 2.29. The molecule has 0 saturated heterocycles. The fourth-order valence-corrected chi connectivity index (χ4v) is 1.08. The average Bonchev–Trinajstić information content (AvgIpc) is 2.98. The van der Waals surface area contributed by atoms with Crippen molar-refractivity contribution in [1.29, 1.82) is 0 Å². The summed E-state index contributed by atoms with van der Waals surface area (Å²) in [6, 6.07) is 0. The van der Waals surface area contributed by atoms with Crippen LogP contribution in [0.15, 0.2) is 12.4 Å². The summed E-state index contributed by atoms with van der Waals surface area (Å²) >= 11 is 0. The number of hydrogen-bond donors (Lipinski definition) is 1. The lowest BCUT2D eigenvalue weighted by Gasteiger charge is -2.05. The first-order chi connectivity index (χ1) is 6.77. The first kappa shape index (κ1) is 8.93. The van der Waals surface area contributed by atoms with Gasteiger partial charge in [0.15, 0.2) is 5.69 Å². The normalized spacial score (nSPS) is 15.1. The van der Waals surface area contributed by atoms with E-state index in [0.717, 1.165) is 0 Å². The van der Waals surface area contributed by atoms with Gasteiger partial charge in [-0.2, -0.15) is 0 Å². The van der Waals surface area contributed by atoms with E-state index in [1.165, 1.54) is 25.2 Å². The molecule has 2 N–H and O–H groups in total. The van der Waals surface area contributed by atoms with E-state index in [1.54, 1.807) is 0 Å². The van der Waals surface area contributed by atoms with E-state index in [1.807, 2.05) is 0 Å². The second-order valence-electron chi connectivity index (χ2n) is 3.33. The zero-order valence-corrected chi connectivity index (χ0v) is 7.64. The summed E-state index contributed by atoms with van der Waals surface area (Å²) in [5, 5.41) is 0.